The van der Waals surface area contributed by atoms with Crippen molar-refractivity contribution in [1.82, 2.24) is 20.6 Å². The third-order valence-corrected chi connectivity index (χ3v) is 6.03. The molecule has 0 aromatic carbocycles. The lowest BCUT2D eigenvalue weighted by atomic mass is 9.93. The van der Waals surface area contributed by atoms with Gasteiger partial charge in [-0.1, -0.05) is 13.8 Å². The van der Waals surface area contributed by atoms with Crippen LogP contribution in [-0.2, 0) is 28.7 Å². The highest BCUT2D eigenvalue weighted by molar-refractivity contribution is 7.98. The van der Waals surface area contributed by atoms with Crippen molar-refractivity contribution >= 4 is 41.5 Å². The fourth-order valence-electron chi connectivity index (χ4n) is 3.33. The van der Waals surface area contributed by atoms with Gasteiger partial charge in [-0.05, 0) is 25.5 Å². The van der Waals surface area contributed by atoms with Gasteiger partial charge in [-0.3, -0.25) is 19.4 Å². The summed E-state index contributed by atoms with van der Waals surface area (Å²) in [5.74, 6) is -1.11. The number of hydrogen-bond acceptors (Lipinski definition) is 10. The summed E-state index contributed by atoms with van der Waals surface area (Å²) < 4.78 is 10.4. The zero-order valence-electron chi connectivity index (χ0n) is 20.1. The second kappa shape index (κ2) is 12.2. The van der Waals surface area contributed by atoms with Crippen molar-refractivity contribution in [2.45, 2.75) is 50.4 Å². The van der Waals surface area contributed by atoms with Gasteiger partial charge >= 0.3 is 0 Å². The van der Waals surface area contributed by atoms with Crippen LogP contribution in [0.4, 0.5) is 5.82 Å². The van der Waals surface area contributed by atoms with Crippen molar-refractivity contribution in [3.05, 3.63) is 18.6 Å². The van der Waals surface area contributed by atoms with Gasteiger partial charge in [-0.2, -0.15) is 11.8 Å². The Morgan fingerprint density at radius 1 is 1.29 bits per heavy atom. The van der Waals surface area contributed by atoms with Gasteiger partial charge in [0.15, 0.2) is 17.6 Å². The smallest absolute Gasteiger partial charge is 0.254 e. The van der Waals surface area contributed by atoms with Crippen LogP contribution < -0.4 is 16.0 Å². The number of anilines is 1. The maximum Gasteiger partial charge on any atom is 0.254 e. The number of ether oxygens (including phenoxy) is 2. The lowest BCUT2D eigenvalue weighted by Crippen LogP contribution is -2.62. The lowest BCUT2D eigenvalue weighted by molar-refractivity contribution is -0.136. The molecule has 1 unspecified atom stereocenters. The molecule has 0 radical (unpaired) electrons. The molecule has 0 saturated carbocycles. The summed E-state index contributed by atoms with van der Waals surface area (Å²) in [7, 11) is 1.38. The molecule has 11 nitrogen and oxygen atoms in total. The van der Waals surface area contributed by atoms with E-state index in [-0.39, 0.29) is 29.9 Å². The molecule has 4 atom stereocenters. The average Bonchev–Trinajstić information content (AvgIpc) is 3.56. The van der Waals surface area contributed by atoms with E-state index in [1.165, 1.54) is 37.5 Å². The predicted octanol–water partition coefficient (Wildman–Crippen LogP) is 0.209. The Labute approximate surface area is 203 Å². The van der Waals surface area contributed by atoms with Gasteiger partial charge in [-0.15, -0.1) is 0 Å². The van der Waals surface area contributed by atoms with E-state index >= 15 is 0 Å². The fraction of sp³-hybridized carbons (Fsp3) is 0.636. The van der Waals surface area contributed by atoms with Crippen molar-refractivity contribution < 1.29 is 28.7 Å². The summed E-state index contributed by atoms with van der Waals surface area (Å²) >= 11 is 1.27. The Bertz CT molecular complexity index is 867. The van der Waals surface area contributed by atoms with E-state index in [0.29, 0.717) is 19.3 Å². The number of thioether (sulfide) groups is 1. The molecule has 2 amide bonds. The van der Waals surface area contributed by atoms with Crippen molar-refractivity contribution in [3.8, 4) is 0 Å². The lowest BCUT2D eigenvalue weighted by Gasteiger charge is -2.30. The molecular formula is C22H33N5O6S. The molecule has 1 aliphatic rings. The van der Waals surface area contributed by atoms with Gasteiger partial charge in [0.05, 0.1) is 25.5 Å². The van der Waals surface area contributed by atoms with E-state index in [0.717, 1.165) is 0 Å². The fourth-order valence-corrected chi connectivity index (χ4v) is 4.05. The van der Waals surface area contributed by atoms with Crippen LogP contribution in [0.15, 0.2) is 18.6 Å². The Morgan fingerprint density at radius 2 is 2.00 bits per heavy atom. The Kier molecular flexibility index (Phi) is 9.95. The molecule has 1 aromatic heterocycles. The molecular weight excluding hydrogens is 462 g/mol. The minimum absolute atomic E-state index is 0.0738. The maximum absolute atomic E-state index is 13.3. The van der Waals surface area contributed by atoms with Gasteiger partial charge in [-0.25, -0.2) is 4.98 Å². The zero-order chi connectivity index (χ0) is 25.4. The second-order valence-corrected chi connectivity index (χ2v) is 9.66. The van der Waals surface area contributed by atoms with Gasteiger partial charge in [0, 0.05) is 25.3 Å². The number of rotatable bonds is 15. The first-order chi connectivity index (χ1) is 16.1. The zero-order valence-corrected chi connectivity index (χ0v) is 20.9. The standard InChI is InChI=1S/C22H33N5O6S/c1-14(2)8-15(18(29)21(3)12-33-21)25-19(30)16(10-32-4)26-20(31)22(11-28,13-34-5)27-17-9-23-6-7-24-17/h6-7,9,11,14-16H,8,10,12-13H2,1-5H3,(H,24,27)(H,25,30)(H,26,31)/t15-,16-,21?,22-/m0/s1. The van der Waals surface area contributed by atoms with E-state index in [1.54, 1.807) is 13.2 Å². The SMILES string of the molecule is COC[C@H](NC(=O)[C@](C=O)(CSC)Nc1cnccn1)C(=O)N[C@@H](CC(C)C)C(=O)C1(C)CO1. The van der Waals surface area contributed by atoms with Crippen LogP contribution in [0.25, 0.3) is 0 Å². The minimum Gasteiger partial charge on any atom is -0.382 e. The summed E-state index contributed by atoms with van der Waals surface area (Å²) in [5.41, 5.74) is -2.61. The summed E-state index contributed by atoms with van der Waals surface area (Å²) in [6, 6.07) is -1.92. The number of hydrogen-bond donors (Lipinski definition) is 3. The van der Waals surface area contributed by atoms with E-state index in [2.05, 4.69) is 25.9 Å². The van der Waals surface area contributed by atoms with E-state index in [4.69, 9.17) is 9.47 Å². The quantitative estimate of drug-likeness (QED) is 0.175. The largest absolute Gasteiger partial charge is 0.382 e. The molecule has 1 aromatic rings. The molecule has 34 heavy (non-hydrogen) atoms. The number of aromatic nitrogens is 2. The van der Waals surface area contributed by atoms with Gasteiger partial charge in [0.2, 0.25) is 5.91 Å². The summed E-state index contributed by atoms with van der Waals surface area (Å²) in [5, 5.41) is 8.15. The molecule has 0 aliphatic carbocycles. The van der Waals surface area contributed by atoms with E-state index in [9.17, 15) is 19.2 Å². The highest BCUT2D eigenvalue weighted by Gasteiger charge is 2.50. The average molecular weight is 496 g/mol. The molecule has 1 saturated heterocycles. The van der Waals surface area contributed by atoms with Crippen LogP contribution in [0.5, 0.6) is 0 Å². The summed E-state index contributed by atoms with van der Waals surface area (Å²) in [6.45, 7) is 5.71. The van der Waals surface area contributed by atoms with Crippen molar-refractivity contribution in [1.29, 1.82) is 0 Å². The summed E-state index contributed by atoms with van der Waals surface area (Å²) in [6.07, 6.45) is 6.90. The number of aldehydes is 1. The summed E-state index contributed by atoms with van der Waals surface area (Å²) in [4.78, 5) is 59.3. The molecule has 1 aliphatic heterocycles. The number of carbonyl (C=O) groups excluding carboxylic acids is 4. The van der Waals surface area contributed by atoms with Crippen LogP contribution in [0, 0.1) is 5.92 Å². The minimum atomic E-state index is -1.70. The molecule has 188 valence electrons. The van der Waals surface area contributed by atoms with Gasteiger partial charge in [0.25, 0.3) is 5.91 Å². The van der Waals surface area contributed by atoms with Crippen molar-refractivity contribution in [3.63, 3.8) is 0 Å². The number of carbonyl (C=O) groups is 4. The van der Waals surface area contributed by atoms with Gasteiger partial charge < -0.3 is 30.2 Å². The first kappa shape index (κ1) is 27.7. The van der Waals surface area contributed by atoms with E-state index in [1.807, 2.05) is 13.8 Å². The number of nitrogens with one attached hydrogen (secondary N) is 3. The van der Waals surface area contributed by atoms with Crippen LogP contribution >= 0.6 is 11.8 Å². The Morgan fingerprint density at radius 3 is 2.50 bits per heavy atom. The van der Waals surface area contributed by atoms with Crippen LogP contribution in [0.2, 0.25) is 0 Å². The third-order valence-electron chi connectivity index (χ3n) is 5.29. The Hall–Kier alpha value is -2.57. The highest BCUT2D eigenvalue weighted by Crippen LogP contribution is 2.29. The number of amides is 2. The monoisotopic (exact) mass is 495 g/mol. The third kappa shape index (κ3) is 7.21. The molecule has 1 fully saturated rings. The molecule has 12 heteroatoms. The van der Waals surface area contributed by atoms with Crippen LogP contribution in [0.1, 0.15) is 27.2 Å². The molecule has 2 rings (SSSR count). The van der Waals surface area contributed by atoms with E-state index < -0.39 is 35.0 Å². The normalized spacial score (nSPS) is 20.5. The molecule has 3 N–H and O–H groups in total. The highest BCUT2D eigenvalue weighted by atomic mass is 32.2. The first-order valence-corrected chi connectivity index (χ1v) is 12.3. The van der Waals surface area contributed by atoms with Crippen LogP contribution in [0.3, 0.4) is 0 Å². The molecule has 0 spiro atoms. The number of ketones is 1. The number of epoxide rings is 1. The second-order valence-electron chi connectivity index (χ2n) is 8.79. The number of Topliss-reactive ketones (excluding diaryl/α,β-unsaturated/α-hetero) is 1. The predicted molar refractivity (Wildman–Crippen MR) is 127 cm³/mol. The topological polar surface area (TPSA) is 152 Å². The first-order valence-electron chi connectivity index (χ1n) is 10.9. The Balaban J connectivity index is 2.20. The van der Waals surface area contributed by atoms with Crippen LogP contribution in [-0.4, -0.2) is 89.4 Å². The van der Waals surface area contributed by atoms with Crippen molar-refractivity contribution in [2.75, 3.05) is 37.6 Å². The number of methoxy groups -OCH3 is 1. The number of nitrogens with zero attached hydrogens (tertiary/aromatic N) is 2. The maximum atomic E-state index is 13.3. The van der Waals surface area contributed by atoms with Crippen molar-refractivity contribution in [2.24, 2.45) is 5.92 Å². The molecule has 2 heterocycles. The molecule has 0 bridgehead atoms. The van der Waals surface area contributed by atoms with Gasteiger partial charge in [0.1, 0.15) is 17.5 Å².